The minimum atomic E-state index is 0.435. The maximum Gasteiger partial charge on any atom is 0.321 e. The molecule has 1 aliphatic rings. The Hall–Kier alpha value is -1.10. The number of hydrogen-bond donors (Lipinski definition) is 2. The fourth-order valence-corrected chi connectivity index (χ4v) is 1.31. The second kappa shape index (κ2) is 3.10. The molecule has 5 heteroatoms. The molecule has 66 valence electrons. The quantitative estimate of drug-likeness (QED) is 0.658. The van der Waals surface area contributed by atoms with Crippen LogP contribution in [0.1, 0.15) is 12.2 Å². The maximum absolute atomic E-state index is 4.93. The van der Waals surface area contributed by atoms with Crippen molar-refractivity contribution in [2.45, 2.75) is 19.4 Å². The summed E-state index contributed by atoms with van der Waals surface area (Å²) in [7, 11) is 0. The summed E-state index contributed by atoms with van der Waals surface area (Å²) in [6.07, 6.45) is 1.11. The third kappa shape index (κ3) is 1.55. The van der Waals surface area contributed by atoms with Gasteiger partial charge in [0.2, 0.25) is 0 Å². The van der Waals surface area contributed by atoms with Crippen molar-refractivity contribution in [3.8, 4) is 0 Å². The Morgan fingerprint density at radius 1 is 1.67 bits per heavy atom. The maximum atomic E-state index is 4.93. The van der Waals surface area contributed by atoms with Crippen molar-refractivity contribution in [1.29, 1.82) is 0 Å². The highest BCUT2D eigenvalue weighted by Gasteiger charge is 2.15. The Kier molecular flexibility index (Phi) is 1.95. The van der Waals surface area contributed by atoms with Crippen LogP contribution in [-0.2, 0) is 0 Å². The van der Waals surface area contributed by atoms with E-state index in [0.717, 1.165) is 19.5 Å². The zero-order valence-corrected chi connectivity index (χ0v) is 7.00. The Labute approximate surface area is 70.5 Å². The van der Waals surface area contributed by atoms with E-state index in [4.69, 9.17) is 4.52 Å². The lowest BCUT2D eigenvalue weighted by Gasteiger charge is -2.06. The molecule has 1 unspecified atom stereocenters. The van der Waals surface area contributed by atoms with Crippen LogP contribution in [0.15, 0.2) is 4.52 Å². The molecule has 1 atom stereocenters. The van der Waals surface area contributed by atoms with Crippen molar-refractivity contribution in [3.05, 3.63) is 5.82 Å². The Balaban J connectivity index is 1.94. The lowest BCUT2D eigenvalue weighted by Crippen LogP contribution is -2.22. The molecule has 0 amide bonds. The first-order valence-corrected chi connectivity index (χ1v) is 4.12. The van der Waals surface area contributed by atoms with E-state index < -0.39 is 0 Å². The highest BCUT2D eigenvalue weighted by atomic mass is 16.5. The van der Waals surface area contributed by atoms with Crippen LogP contribution in [-0.4, -0.2) is 29.3 Å². The molecule has 1 saturated heterocycles. The standard InChI is InChI=1S/C7H12N4O/c1-5-9-7(12-11-5)10-6-2-3-8-4-6/h6,8H,2-4H2,1H3,(H,9,10,11). The number of aryl methyl sites for hydroxylation is 1. The highest BCUT2D eigenvalue weighted by molar-refractivity contribution is 5.21. The number of aromatic nitrogens is 2. The summed E-state index contributed by atoms with van der Waals surface area (Å²) in [5.74, 6) is 0.670. The normalized spacial score (nSPS) is 22.9. The van der Waals surface area contributed by atoms with E-state index in [0.29, 0.717) is 17.9 Å². The minimum absolute atomic E-state index is 0.435. The van der Waals surface area contributed by atoms with Gasteiger partial charge < -0.3 is 15.2 Å². The van der Waals surface area contributed by atoms with Crippen molar-refractivity contribution in [1.82, 2.24) is 15.5 Å². The van der Waals surface area contributed by atoms with Gasteiger partial charge in [-0.1, -0.05) is 5.16 Å². The molecule has 1 aliphatic heterocycles. The van der Waals surface area contributed by atoms with Gasteiger partial charge in [-0.3, -0.25) is 0 Å². The molecule has 1 fully saturated rings. The average Bonchev–Trinajstić information content (AvgIpc) is 2.63. The predicted molar refractivity (Wildman–Crippen MR) is 43.9 cm³/mol. The molecule has 0 bridgehead atoms. The van der Waals surface area contributed by atoms with Crippen molar-refractivity contribution in [2.24, 2.45) is 0 Å². The fraction of sp³-hybridized carbons (Fsp3) is 0.714. The van der Waals surface area contributed by atoms with Gasteiger partial charge in [0.25, 0.3) is 0 Å². The monoisotopic (exact) mass is 168 g/mol. The van der Waals surface area contributed by atoms with Gasteiger partial charge in [0.1, 0.15) is 0 Å². The molecular formula is C7H12N4O. The number of nitrogens with one attached hydrogen (secondary N) is 2. The van der Waals surface area contributed by atoms with Gasteiger partial charge in [0, 0.05) is 12.6 Å². The van der Waals surface area contributed by atoms with Crippen LogP contribution in [0.3, 0.4) is 0 Å². The van der Waals surface area contributed by atoms with Crippen LogP contribution in [0.25, 0.3) is 0 Å². The van der Waals surface area contributed by atoms with Gasteiger partial charge in [0.05, 0.1) is 0 Å². The molecule has 2 N–H and O–H groups in total. The largest absolute Gasteiger partial charge is 0.334 e. The smallest absolute Gasteiger partial charge is 0.321 e. The Morgan fingerprint density at radius 3 is 3.17 bits per heavy atom. The molecule has 12 heavy (non-hydrogen) atoms. The Morgan fingerprint density at radius 2 is 2.58 bits per heavy atom. The van der Waals surface area contributed by atoms with E-state index in [1.54, 1.807) is 0 Å². The van der Waals surface area contributed by atoms with E-state index in [2.05, 4.69) is 20.8 Å². The second-order valence-electron chi connectivity index (χ2n) is 2.98. The summed E-state index contributed by atoms with van der Waals surface area (Å²) in [5, 5.41) is 10.1. The van der Waals surface area contributed by atoms with Crippen molar-refractivity contribution in [2.75, 3.05) is 18.4 Å². The van der Waals surface area contributed by atoms with Gasteiger partial charge in [0.15, 0.2) is 5.82 Å². The third-order valence-electron chi connectivity index (χ3n) is 1.92. The van der Waals surface area contributed by atoms with Gasteiger partial charge in [-0.2, -0.15) is 4.98 Å². The summed E-state index contributed by atoms with van der Waals surface area (Å²) < 4.78 is 4.93. The zero-order valence-electron chi connectivity index (χ0n) is 7.00. The topological polar surface area (TPSA) is 63.0 Å². The highest BCUT2D eigenvalue weighted by Crippen LogP contribution is 2.08. The van der Waals surface area contributed by atoms with E-state index in [1.807, 2.05) is 6.92 Å². The molecule has 0 radical (unpaired) electrons. The Bertz CT molecular complexity index is 254. The predicted octanol–water partition coefficient (Wildman–Crippen LogP) is 0.152. The number of nitrogens with zero attached hydrogens (tertiary/aromatic N) is 2. The second-order valence-corrected chi connectivity index (χ2v) is 2.98. The third-order valence-corrected chi connectivity index (χ3v) is 1.92. The van der Waals surface area contributed by atoms with Crippen LogP contribution in [0.5, 0.6) is 0 Å². The van der Waals surface area contributed by atoms with Crippen LogP contribution >= 0.6 is 0 Å². The molecule has 0 aromatic carbocycles. The molecule has 0 aliphatic carbocycles. The fourth-order valence-electron chi connectivity index (χ4n) is 1.31. The zero-order chi connectivity index (χ0) is 8.39. The van der Waals surface area contributed by atoms with E-state index in [1.165, 1.54) is 0 Å². The first-order chi connectivity index (χ1) is 5.84. The molecule has 0 spiro atoms. The van der Waals surface area contributed by atoms with Crippen LogP contribution in [0.2, 0.25) is 0 Å². The lowest BCUT2D eigenvalue weighted by molar-refractivity contribution is 0.422. The van der Waals surface area contributed by atoms with Crippen LogP contribution < -0.4 is 10.6 Å². The molecule has 0 saturated carbocycles. The van der Waals surface area contributed by atoms with E-state index >= 15 is 0 Å². The summed E-state index contributed by atoms with van der Waals surface area (Å²) >= 11 is 0. The average molecular weight is 168 g/mol. The summed E-state index contributed by atoms with van der Waals surface area (Å²) in [4.78, 5) is 4.06. The van der Waals surface area contributed by atoms with Crippen molar-refractivity contribution < 1.29 is 4.52 Å². The molecule has 1 aromatic heterocycles. The lowest BCUT2D eigenvalue weighted by atomic mass is 10.3. The summed E-state index contributed by atoms with van der Waals surface area (Å²) in [6.45, 7) is 3.84. The van der Waals surface area contributed by atoms with E-state index in [9.17, 15) is 0 Å². The van der Waals surface area contributed by atoms with E-state index in [-0.39, 0.29) is 0 Å². The first kappa shape index (κ1) is 7.54. The number of rotatable bonds is 2. The number of anilines is 1. The molecule has 2 heterocycles. The summed E-state index contributed by atoms with van der Waals surface area (Å²) in [5.41, 5.74) is 0. The van der Waals surface area contributed by atoms with Crippen molar-refractivity contribution in [3.63, 3.8) is 0 Å². The van der Waals surface area contributed by atoms with Gasteiger partial charge >= 0.3 is 6.01 Å². The first-order valence-electron chi connectivity index (χ1n) is 4.12. The number of hydrogen-bond acceptors (Lipinski definition) is 5. The van der Waals surface area contributed by atoms with Crippen LogP contribution in [0.4, 0.5) is 6.01 Å². The molecule has 1 aromatic rings. The van der Waals surface area contributed by atoms with Gasteiger partial charge in [-0.15, -0.1) is 0 Å². The van der Waals surface area contributed by atoms with Gasteiger partial charge in [-0.25, -0.2) is 0 Å². The van der Waals surface area contributed by atoms with Gasteiger partial charge in [-0.05, 0) is 19.9 Å². The molecular weight excluding hydrogens is 156 g/mol. The minimum Gasteiger partial charge on any atom is -0.334 e. The molecule has 2 rings (SSSR count). The van der Waals surface area contributed by atoms with Crippen LogP contribution in [0, 0.1) is 6.92 Å². The van der Waals surface area contributed by atoms with Crippen molar-refractivity contribution >= 4 is 6.01 Å². The molecule has 5 nitrogen and oxygen atoms in total. The summed E-state index contributed by atoms with van der Waals surface area (Å²) in [6, 6.07) is 0.964. The SMILES string of the molecule is Cc1noc(NC2CCNC2)n1.